The highest BCUT2D eigenvalue weighted by Gasteiger charge is 2.19. The first-order chi connectivity index (χ1) is 30.5. The number of hydrogen-bond donors (Lipinski definition) is 0. The number of rotatable bonds is 49. The highest BCUT2D eigenvalue weighted by Crippen LogP contribution is 2.17. The lowest BCUT2D eigenvalue weighted by molar-refractivity contribution is -0.167. The zero-order valence-corrected chi connectivity index (χ0v) is 41.4. The van der Waals surface area contributed by atoms with Crippen molar-refractivity contribution in [2.75, 3.05) is 13.2 Å². The van der Waals surface area contributed by atoms with Gasteiger partial charge in [0.25, 0.3) is 0 Å². The van der Waals surface area contributed by atoms with E-state index < -0.39 is 6.10 Å². The summed E-state index contributed by atoms with van der Waals surface area (Å²) in [4.78, 5) is 38.0. The number of ether oxygens (including phenoxy) is 3. The zero-order valence-electron chi connectivity index (χ0n) is 41.4. The topological polar surface area (TPSA) is 78.9 Å². The minimum atomic E-state index is -0.782. The molecule has 0 saturated carbocycles. The van der Waals surface area contributed by atoms with E-state index >= 15 is 0 Å². The highest BCUT2D eigenvalue weighted by molar-refractivity contribution is 5.71. The van der Waals surface area contributed by atoms with Crippen LogP contribution < -0.4 is 0 Å². The second kappa shape index (κ2) is 51.3. The quantitative estimate of drug-likeness (QED) is 0.0262. The van der Waals surface area contributed by atoms with Crippen molar-refractivity contribution in [3.05, 3.63) is 36.5 Å². The number of unbranched alkanes of at least 4 members (excludes halogenated alkanes) is 32. The van der Waals surface area contributed by atoms with Gasteiger partial charge in [-0.15, -0.1) is 0 Å². The Bertz CT molecular complexity index is 1050. The zero-order chi connectivity index (χ0) is 45.1. The van der Waals surface area contributed by atoms with Gasteiger partial charge < -0.3 is 14.2 Å². The first-order valence-electron chi connectivity index (χ1n) is 27.0. The number of allylic oxidation sites excluding steroid dienone is 6. The molecule has 1 atom stereocenters. The molecule has 0 bridgehead atoms. The maximum Gasteiger partial charge on any atom is 0.306 e. The highest BCUT2D eigenvalue weighted by atomic mass is 16.6. The smallest absolute Gasteiger partial charge is 0.306 e. The van der Waals surface area contributed by atoms with Gasteiger partial charge in [0.05, 0.1) is 0 Å². The van der Waals surface area contributed by atoms with Crippen LogP contribution in [0.15, 0.2) is 36.5 Å². The van der Waals surface area contributed by atoms with Crippen molar-refractivity contribution in [2.45, 2.75) is 290 Å². The molecule has 0 saturated heterocycles. The molecule has 0 aromatic rings. The maximum absolute atomic E-state index is 12.8. The Morgan fingerprint density at radius 2 is 0.629 bits per heavy atom. The lowest BCUT2D eigenvalue weighted by Crippen LogP contribution is -2.30. The third-order valence-corrected chi connectivity index (χ3v) is 11.9. The number of carbonyl (C=O) groups excluding carboxylic acids is 3. The maximum atomic E-state index is 12.8. The molecule has 0 radical (unpaired) electrons. The normalized spacial score (nSPS) is 12.2. The Balaban J connectivity index is 4.31. The Morgan fingerprint density at radius 3 is 0.984 bits per heavy atom. The van der Waals surface area contributed by atoms with Gasteiger partial charge in [0.2, 0.25) is 0 Å². The first kappa shape index (κ1) is 59.6. The molecule has 0 aliphatic rings. The van der Waals surface area contributed by atoms with Crippen LogP contribution in [0.25, 0.3) is 0 Å². The van der Waals surface area contributed by atoms with E-state index in [2.05, 4.69) is 57.2 Å². The number of esters is 3. The molecule has 0 N–H and O–H groups in total. The van der Waals surface area contributed by atoms with E-state index in [0.717, 1.165) is 77.0 Å². The lowest BCUT2D eigenvalue weighted by Gasteiger charge is -2.18. The molecule has 0 rings (SSSR count). The van der Waals surface area contributed by atoms with Crippen molar-refractivity contribution < 1.29 is 28.6 Å². The first-order valence-corrected chi connectivity index (χ1v) is 27.0. The van der Waals surface area contributed by atoms with Gasteiger partial charge >= 0.3 is 17.9 Å². The van der Waals surface area contributed by atoms with Crippen molar-refractivity contribution in [3.63, 3.8) is 0 Å². The van der Waals surface area contributed by atoms with Crippen molar-refractivity contribution in [1.29, 1.82) is 0 Å². The molecule has 6 nitrogen and oxygen atoms in total. The third kappa shape index (κ3) is 48.7. The predicted octanol–water partition coefficient (Wildman–Crippen LogP) is 17.7. The summed E-state index contributed by atoms with van der Waals surface area (Å²) in [6.45, 7) is 6.52. The van der Waals surface area contributed by atoms with E-state index in [-0.39, 0.29) is 31.1 Å². The van der Waals surface area contributed by atoms with Gasteiger partial charge in [-0.05, 0) is 51.4 Å². The van der Waals surface area contributed by atoms with Crippen LogP contribution in [0.5, 0.6) is 0 Å². The van der Waals surface area contributed by atoms with Crippen LogP contribution in [0.4, 0.5) is 0 Å². The lowest BCUT2D eigenvalue weighted by atomic mass is 10.0. The predicted molar refractivity (Wildman–Crippen MR) is 266 cm³/mol. The van der Waals surface area contributed by atoms with Gasteiger partial charge in [-0.3, -0.25) is 14.4 Å². The molecule has 0 aliphatic carbocycles. The van der Waals surface area contributed by atoms with Gasteiger partial charge in [0, 0.05) is 19.3 Å². The molecule has 1 unspecified atom stereocenters. The molecular formula is C56H102O6. The average Bonchev–Trinajstić information content (AvgIpc) is 3.27. The van der Waals surface area contributed by atoms with E-state index in [4.69, 9.17) is 14.2 Å². The molecule has 62 heavy (non-hydrogen) atoms. The monoisotopic (exact) mass is 871 g/mol. The van der Waals surface area contributed by atoms with Crippen molar-refractivity contribution in [2.24, 2.45) is 0 Å². The van der Waals surface area contributed by atoms with Crippen LogP contribution in [-0.2, 0) is 28.6 Å². The Kier molecular flexibility index (Phi) is 49.3. The fourth-order valence-corrected chi connectivity index (χ4v) is 7.87. The summed E-state index contributed by atoms with van der Waals surface area (Å²) in [6.07, 6.45) is 60.0. The van der Waals surface area contributed by atoms with E-state index in [0.29, 0.717) is 19.3 Å². The van der Waals surface area contributed by atoms with Crippen LogP contribution in [0.1, 0.15) is 284 Å². The Labute approximate surface area is 385 Å². The van der Waals surface area contributed by atoms with Crippen LogP contribution in [0.2, 0.25) is 0 Å². The summed E-state index contributed by atoms with van der Waals surface area (Å²) in [5.41, 5.74) is 0. The fraction of sp³-hybridized carbons (Fsp3) is 0.839. The minimum absolute atomic E-state index is 0.0796. The molecule has 0 amide bonds. The molecule has 0 aromatic carbocycles. The molecule has 0 aromatic heterocycles. The van der Waals surface area contributed by atoms with Gasteiger partial charge in [-0.2, -0.15) is 0 Å². The van der Waals surface area contributed by atoms with Crippen molar-refractivity contribution in [1.82, 2.24) is 0 Å². The molecule has 0 fully saturated rings. The summed E-state index contributed by atoms with van der Waals surface area (Å²) in [6, 6.07) is 0. The molecule has 0 spiro atoms. The third-order valence-electron chi connectivity index (χ3n) is 11.9. The van der Waals surface area contributed by atoms with E-state index in [9.17, 15) is 14.4 Å². The molecule has 0 heterocycles. The SMILES string of the molecule is CC/C=C\C/C=C\C/C=C\CCCCC(=O)OCC(COC(=O)CCCCCCCCCCCCCCCCCCCCC)OC(=O)CCCCCCCCCCCCCCC. The van der Waals surface area contributed by atoms with Crippen LogP contribution in [0, 0.1) is 0 Å². The second-order valence-corrected chi connectivity index (χ2v) is 18.1. The van der Waals surface area contributed by atoms with E-state index in [1.807, 2.05) is 0 Å². The Morgan fingerprint density at radius 1 is 0.339 bits per heavy atom. The van der Waals surface area contributed by atoms with Crippen LogP contribution in [-0.4, -0.2) is 37.2 Å². The van der Waals surface area contributed by atoms with Crippen molar-refractivity contribution >= 4 is 17.9 Å². The summed E-state index contributed by atoms with van der Waals surface area (Å²) in [5.74, 6) is -0.907. The van der Waals surface area contributed by atoms with Crippen LogP contribution >= 0.6 is 0 Å². The van der Waals surface area contributed by atoms with Gasteiger partial charge in [0.15, 0.2) is 6.10 Å². The Hall–Kier alpha value is -2.37. The number of hydrogen-bond acceptors (Lipinski definition) is 6. The standard InChI is InChI=1S/C56H102O6/c1-4-7-10-13-16-19-22-25-26-27-28-29-30-32-34-37-40-43-46-49-55(58)61-52-53(51-60-54(57)48-45-42-39-36-33-24-21-18-15-12-9-6-3)62-56(59)50-47-44-41-38-35-31-23-20-17-14-11-8-5-2/h9,12,18,21,33,36,53H,4-8,10-11,13-17,19-20,22-32,34-35,37-52H2,1-3H3/b12-9-,21-18-,36-33-. The van der Waals surface area contributed by atoms with Gasteiger partial charge in [-0.25, -0.2) is 0 Å². The van der Waals surface area contributed by atoms with E-state index in [1.54, 1.807) is 0 Å². The summed E-state index contributed by atoms with van der Waals surface area (Å²) in [7, 11) is 0. The van der Waals surface area contributed by atoms with Gasteiger partial charge in [0.1, 0.15) is 13.2 Å². The number of carbonyl (C=O) groups is 3. The minimum Gasteiger partial charge on any atom is -0.462 e. The molecular weight excluding hydrogens is 769 g/mol. The largest absolute Gasteiger partial charge is 0.462 e. The second-order valence-electron chi connectivity index (χ2n) is 18.1. The summed E-state index contributed by atoms with van der Waals surface area (Å²) >= 11 is 0. The molecule has 6 heteroatoms. The average molecular weight is 871 g/mol. The van der Waals surface area contributed by atoms with E-state index in [1.165, 1.54) is 167 Å². The summed E-state index contributed by atoms with van der Waals surface area (Å²) < 4.78 is 16.8. The molecule has 362 valence electrons. The van der Waals surface area contributed by atoms with Crippen LogP contribution in [0.3, 0.4) is 0 Å². The van der Waals surface area contributed by atoms with Gasteiger partial charge in [-0.1, -0.05) is 250 Å². The van der Waals surface area contributed by atoms with Crippen molar-refractivity contribution in [3.8, 4) is 0 Å². The fourth-order valence-electron chi connectivity index (χ4n) is 7.87. The molecule has 0 aliphatic heterocycles. The summed E-state index contributed by atoms with van der Waals surface area (Å²) in [5, 5.41) is 0.